The van der Waals surface area contributed by atoms with E-state index in [1.165, 1.54) is 37.5 Å². The van der Waals surface area contributed by atoms with E-state index in [9.17, 15) is 9.18 Å². The van der Waals surface area contributed by atoms with E-state index in [0.717, 1.165) is 30.9 Å². The Morgan fingerprint density at radius 2 is 1.83 bits per heavy atom. The number of aromatic amines is 2. The van der Waals surface area contributed by atoms with Gasteiger partial charge in [0, 0.05) is 18.7 Å². The predicted molar refractivity (Wildman–Crippen MR) is 113 cm³/mol. The standard InChI is InChI=1S/C22H22FN5O2/c23-14-4-6-17-18(12-14)24-20(22(29)27-17)21-25-16-7-5-15(13-19(16)26-21)30-11-10-28-8-2-1-3-9-28/h4-7,12-13H,1-3,8-11H2,(H,25,26)(H,27,29). The molecule has 1 fully saturated rings. The molecule has 30 heavy (non-hydrogen) atoms. The van der Waals surface area contributed by atoms with Crippen molar-refractivity contribution in [3.05, 3.63) is 52.6 Å². The van der Waals surface area contributed by atoms with E-state index in [0.29, 0.717) is 29.0 Å². The first kappa shape index (κ1) is 18.7. The molecular weight excluding hydrogens is 385 g/mol. The van der Waals surface area contributed by atoms with Gasteiger partial charge in [-0.2, -0.15) is 0 Å². The third kappa shape index (κ3) is 3.78. The molecule has 3 heterocycles. The maximum atomic E-state index is 13.5. The fourth-order valence-electron chi connectivity index (χ4n) is 3.88. The third-order valence-electron chi connectivity index (χ3n) is 5.46. The van der Waals surface area contributed by atoms with Crippen LogP contribution in [0.3, 0.4) is 0 Å². The predicted octanol–water partition coefficient (Wildman–Crippen LogP) is 3.47. The van der Waals surface area contributed by atoms with Crippen LogP contribution in [0.2, 0.25) is 0 Å². The van der Waals surface area contributed by atoms with Crippen molar-refractivity contribution in [2.75, 3.05) is 26.2 Å². The lowest BCUT2D eigenvalue weighted by Gasteiger charge is -2.26. The maximum absolute atomic E-state index is 13.5. The number of fused-ring (bicyclic) bond motifs is 2. The molecule has 0 aliphatic carbocycles. The van der Waals surface area contributed by atoms with E-state index in [-0.39, 0.29) is 11.3 Å². The fourth-order valence-corrected chi connectivity index (χ4v) is 3.88. The Morgan fingerprint density at radius 3 is 2.70 bits per heavy atom. The highest BCUT2D eigenvalue weighted by atomic mass is 19.1. The highest BCUT2D eigenvalue weighted by molar-refractivity contribution is 5.81. The van der Waals surface area contributed by atoms with Gasteiger partial charge in [-0.3, -0.25) is 9.69 Å². The minimum atomic E-state index is -0.413. The first-order chi connectivity index (χ1) is 14.7. The molecule has 1 aliphatic heterocycles. The van der Waals surface area contributed by atoms with Crippen molar-refractivity contribution in [2.24, 2.45) is 0 Å². The van der Waals surface area contributed by atoms with E-state index in [2.05, 4.69) is 24.8 Å². The molecule has 154 valence electrons. The van der Waals surface area contributed by atoms with E-state index in [1.54, 1.807) is 0 Å². The molecule has 5 rings (SSSR count). The molecule has 4 aromatic rings. The topological polar surface area (TPSA) is 86.9 Å². The Labute approximate surface area is 171 Å². The first-order valence-corrected chi connectivity index (χ1v) is 10.2. The lowest BCUT2D eigenvalue weighted by Crippen LogP contribution is -2.33. The Kier molecular flexibility index (Phi) is 4.92. The number of piperidine rings is 1. The molecule has 7 nitrogen and oxygen atoms in total. The summed E-state index contributed by atoms with van der Waals surface area (Å²) in [7, 11) is 0. The summed E-state index contributed by atoms with van der Waals surface area (Å²) in [4.78, 5) is 29.5. The summed E-state index contributed by atoms with van der Waals surface area (Å²) in [6.07, 6.45) is 3.84. The van der Waals surface area contributed by atoms with Crippen molar-refractivity contribution in [1.29, 1.82) is 0 Å². The van der Waals surface area contributed by atoms with Gasteiger partial charge in [0.1, 0.15) is 18.2 Å². The van der Waals surface area contributed by atoms with Gasteiger partial charge in [0.25, 0.3) is 5.56 Å². The summed E-state index contributed by atoms with van der Waals surface area (Å²) in [6, 6.07) is 9.66. The zero-order valence-corrected chi connectivity index (χ0v) is 16.4. The van der Waals surface area contributed by atoms with Crippen molar-refractivity contribution in [3.63, 3.8) is 0 Å². The zero-order chi connectivity index (χ0) is 20.5. The average Bonchev–Trinajstić information content (AvgIpc) is 3.17. The molecule has 0 atom stereocenters. The number of hydrogen-bond acceptors (Lipinski definition) is 5. The Balaban J connectivity index is 1.38. The normalized spacial score (nSPS) is 15.1. The Morgan fingerprint density at radius 1 is 0.967 bits per heavy atom. The molecule has 0 bridgehead atoms. The number of imidazole rings is 1. The number of ether oxygens (including phenoxy) is 1. The van der Waals surface area contributed by atoms with Crippen molar-refractivity contribution in [1.82, 2.24) is 24.8 Å². The molecular formula is C22H22FN5O2. The second-order valence-electron chi connectivity index (χ2n) is 7.59. The zero-order valence-electron chi connectivity index (χ0n) is 16.4. The number of benzene rings is 2. The summed E-state index contributed by atoms with van der Waals surface area (Å²) in [5.41, 5.74) is 2.04. The SMILES string of the molecule is O=c1[nH]c2ccc(F)cc2nc1-c1nc2ccc(OCCN3CCCCC3)cc2[nH]1. The second-order valence-corrected chi connectivity index (χ2v) is 7.59. The van der Waals surface area contributed by atoms with Gasteiger partial charge in [-0.25, -0.2) is 14.4 Å². The van der Waals surface area contributed by atoms with E-state index < -0.39 is 5.82 Å². The number of likely N-dealkylation sites (tertiary alicyclic amines) is 1. The number of nitrogens with zero attached hydrogens (tertiary/aromatic N) is 3. The monoisotopic (exact) mass is 407 g/mol. The van der Waals surface area contributed by atoms with Crippen molar-refractivity contribution in [3.8, 4) is 17.3 Å². The van der Waals surface area contributed by atoms with Crippen molar-refractivity contribution >= 4 is 22.1 Å². The molecule has 2 N–H and O–H groups in total. The van der Waals surface area contributed by atoms with Gasteiger partial charge < -0.3 is 14.7 Å². The van der Waals surface area contributed by atoms with Crippen molar-refractivity contribution in [2.45, 2.75) is 19.3 Å². The number of rotatable bonds is 5. The van der Waals surface area contributed by atoms with Crippen LogP contribution in [-0.4, -0.2) is 51.1 Å². The summed E-state index contributed by atoms with van der Waals surface area (Å²) >= 11 is 0. The van der Waals surface area contributed by atoms with Gasteiger partial charge in [-0.05, 0) is 50.2 Å². The fraction of sp³-hybridized carbons (Fsp3) is 0.318. The molecule has 0 amide bonds. The Bertz CT molecular complexity index is 1260. The molecule has 0 spiro atoms. The summed E-state index contributed by atoms with van der Waals surface area (Å²) in [6.45, 7) is 3.83. The molecule has 1 saturated heterocycles. The van der Waals surface area contributed by atoms with Gasteiger partial charge in [-0.15, -0.1) is 0 Å². The minimum Gasteiger partial charge on any atom is -0.492 e. The molecule has 2 aromatic carbocycles. The van der Waals surface area contributed by atoms with Crippen LogP contribution < -0.4 is 10.3 Å². The number of nitrogens with one attached hydrogen (secondary N) is 2. The van der Waals surface area contributed by atoms with Crippen LogP contribution in [0.15, 0.2) is 41.2 Å². The average molecular weight is 407 g/mol. The maximum Gasteiger partial charge on any atom is 0.278 e. The van der Waals surface area contributed by atoms with Crippen LogP contribution in [-0.2, 0) is 0 Å². The van der Waals surface area contributed by atoms with Crippen LogP contribution in [0.4, 0.5) is 4.39 Å². The summed E-state index contributed by atoms with van der Waals surface area (Å²) in [5.74, 6) is 0.670. The number of halogens is 1. The number of aromatic nitrogens is 4. The first-order valence-electron chi connectivity index (χ1n) is 10.2. The lowest BCUT2D eigenvalue weighted by molar-refractivity contribution is 0.183. The van der Waals surface area contributed by atoms with Crippen LogP contribution in [0.5, 0.6) is 5.75 Å². The summed E-state index contributed by atoms with van der Waals surface area (Å²) in [5, 5.41) is 0. The molecule has 0 radical (unpaired) electrons. The van der Waals surface area contributed by atoms with Crippen molar-refractivity contribution < 1.29 is 9.13 Å². The highest BCUT2D eigenvalue weighted by Crippen LogP contribution is 2.23. The number of H-pyrrole nitrogens is 2. The van der Waals surface area contributed by atoms with Crippen LogP contribution in [0, 0.1) is 5.82 Å². The minimum absolute atomic E-state index is 0.122. The van der Waals surface area contributed by atoms with E-state index in [4.69, 9.17) is 4.74 Å². The van der Waals surface area contributed by atoms with Gasteiger partial charge in [-0.1, -0.05) is 6.42 Å². The molecule has 2 aromatic heterocycles. The van der Waals surface area contributed by atoms with Crippen LogP contribution in [0.25, 0.3) is 33.6 Å². The molecule has 0 saturated carbocycles. The second kappa shape index (κ2) is 7.87. The van der Waals surface area contributed by atoms with Crippen LogP contribution >= 0.6 is 0 Å². The highest BCUT2D eigenvalue weighted by Gasteiger charge is 2.14. The Hall–Kier alpha value is -3.26. The molecule has 8 heteroatoms. The quantitative estimate of drug-likeness (QED) is 0.529. The van der Waals surface area contributed by atoms with Gasteiger partial charge in [0.05, 0.1) is 22.1 Å². The number of hydrogen-bond donors (Lipinski definition) is 2. The van der Waals surface area contributed by atoms with Gasteiger partial charge >= 0.3 is 0 Å². The van der Waals surface area contributed by atoms with Crippen LogP contribution in [0.1, 0.15) is 19.3 Å². The third-order valence-corrected chi connectivity index (χ3v) is 5.46. The molecule has 1 aliphatic rings. The van der Waals surface area contributed by atoms with E-state index >= 15 is 0 Å². The lowest BCUT2D eigenvalue weighted by atomic mass is 10.1. The largest absolute Gasteiger partial charge is 0.492 e. The smallest absolute Gasteiger partial charge is 0.278 e. The van der Waals surface area contributed by atoms with E-state index in [1.807, 2.05) is 18.2 Å². The molecule has 0 unspecified atom stereocenters. The van der Waals surface area contributed by atoms with Gasteiger partial charge in [0.15, 0.2) is 11.5 Å². The van der Waals surface area contributed by atoms with Gasteiger partial charge in [0.2, 0.25) is 0 Å². The summed E-state index contributed by atoms with van der Waals surface area (Å²) < 4.78 is 19.4.